The van der Waals surface area contributed by atoms with Crippen molar-refractivity contribution in [1.29, 1.82) is 0 Å². The highest BCUT2D eigenvalue weighted by Crippen LogP contribution is 2.18. The van der Waals surface area contributed by atoms with Crippen LogP contribution in [0.3, 0.4) is 0 Å². The molecule has 0 bridgehead atoms. The molecule has 0 aliphatic carbocycles. The zero-order chi connectivity index (χ0) is 12.3. The fourth-order valence-corrected chi connectivity index (χ4v) is 1.51. The van der Waals surface area contributed by atoms with Crippen molar-refractivity contribution >= 4 is 45.3 Å². The highest BCUT2D eigenvalue weighted by Gasteiger charge is 2.06. The first-order valence-electron chi connectivity index (χ1n) is 4.58. The lowest BCUT2D eigenvalue weighted by molar-refractivity contribution is 0.261. The number of anilines is 2. The molecule has 2 amide bonds. The third-order valence-electron chi connectivity index (χ3n) is 1.78. The van der Waals surface area contributed by atoms with Crippen molar-refractivity contribution < 1.29 is 9.21 Å². The van der Waals surface area contributed by atoms with Crippen LogP contribution in [0, 0.1) is 0 Å². The van der Waals surface area contributed by atoms with Crippen molar-refractivity contribution in [1.82, 2.24) is 4.98 Å². The molecule has 2 N–H and O–H groups in total. The number of amides is 2. The van der Waals surface area contributed by atoms with Gasteiger partial charge < -0.3 is 4.42 Å². The number of aromatic nitrogens is 1. The Bertz CT molecular complexity index is 527. The van der Waals surface area contributed by atoms with E-state index < -0.39 is 6.03 Å². The predicted molar refractivity (Wildman–Crippen MR) is 68.3 cm³/mol. The summed E-state index contributed by atoms with van der Waals surface area (Å²) in [5, 5.41) is 5.54. The Morgan fingerprint density at radius 3 is 2.71 bits per heavy atom. The van der Waals surface area contributed by atoms with E-state index in [0.717, 1.165) is 0 Å². The summed E-state index contributed by atoms with van der Waals surface area (Å²) in [5.74, 6) is 0.737. The lowest BCUT2D eigenvalue weighted by atomic mass is 10.4. The van der Waals surface area contributed by atoms with Crippen LogP contribution >= 0.6 is 27.5 Å². The first kappa shape index (κ1) is 11.9. The molecule has 0 unspecified atom stereocenters. The second-order valence-corrected chi connectivity index (χ2v) is 4.26. The van der Waals surface area contributed by atoms with E-state index in [9.17, 15) is 4.79 Å². The molecule has 17 heavy (non-hydrogen) atoms. The number of hydrogen-bond donors (Lipinski definition) is 2. The van der Waals surface area contributed by atoms with Gasteiger partial charge in [0.25, 0.3) is 0 Å². The fraction of sp³-hybridized carbons (Fsp3) is 0. The molecule has 7 heteroatoms. The monoisotopic (exact) mass is 315 g/mol. The average Bonchev–Trinajstić information content (AvgIpc) is 2.67. The summed E-state index contributed by atoms with van der Waals surface area (Å²) < 4.78 is 5.65. The topological polar surface area (TPSA) is 67.2 Å². The molecule has 5 nitrogen and oxygen atoms in total. The van der Waals surface area contributed by atoms with Crippen molar-refractivity contribution in [3.8, 4) is 0 Å². The van der Waals surface area contributed by atoms with E-state index in [0.29, 0.717) is 21.4 Å². The predicted octanol–water partition coefficient (Wildman–Crippen LogP) is 3.73. The van der Waals surface area contributed by atoms with Crippen LogP contribution in [-0.2, 0) is 0 Å². The van der Waals surface area contributed by atoms with Crippen LogP contribution in [0.4, 0.5) is 16.5 Å². The zero-order valence-corrected chi connectivity index (χ0v) is 10.7. The van der Waals surface area contributed by atoms with Gasteiger partial charge in [-0.1, -0.05) is 11.6 Å². The molecule has 0 saturated heterocycles. The average molecular weight is 317 g/mol. The summed E-state index contributed by atoms with van der Waals surface area (Å²) in [6, 6.07) is 6.09. The van der Waals surface area contributed by atoms with Gasteiger partial charge in [-0.25, -0.2) is 9.78 Å². The van der Waals surface area contributed by atoms with Crippen molar-refractivity contribution in [3.63, 3.8) is 0 Å². The molecule has 2 aromatic heterocycles. The molecular formula is C10H7BrClN3O2. The molecule has 0 fully saturated rings. The molecule has 0 spiro atoms. The molecular weight excluding hydrogens is 309 g/mol. The summed E-state index contributed by atoms with van der Waals surface area (Å²) >= 11 is 8.80. The molecule has 0 atom stereocenters. The molecule has 2 aromatic rings. The van der Waals surface area contributed by atoms with Crippen LogP contribution in [0.2, 0.25) is 5.02 Å². The Kier molecular flexibility index (Phi) is 3.65. The second kappa shape index (κ2) is 5.20. The third-order valence-corrected chi connectivity index (χ3v) is 2.43. The fourth-order valence-electron chi connectivity index (χ4n) is 1.09. The number of carbonyl (C=O) groups is 1. The third kappa shape index (κ3) is 3.47. The highest BCUT2D eigenvalue weighted by molar-refractivity contribution is 9.10. The van der Waals surface area contributed by atoms with E-state index in [2.05, 4.69) is 31.5 Å². The van der Waals surface area contributed by atoms with Crippen LogP contribution in [0.5, 0.6) is 0 Å². The minimum absolute atomic E-state index is 0.336. The minimum atomic E-state index is -0.443. The smallest absolute Gasteiger partial charge is 0.327 e. The van der Waals surface area contributed by atoms with Gasteiger partial charge in [0.15, 0.2) is 4.67 Å². The molecule has 2 heterocycles. The van der Waals surface area contributed by atoms with Crippen molar-refractivity contribution in [2.75, 3.05) is 10.6 Å². The van der Waals surface area contributed by atoms with E-state index in [-0.39, 0.29) is 0 Å². The summed E-state index contributed by atoms with van der Waals surface area (Å²) in [4.78, 5) is 15.4. The van der Waals surface area contributed by atoms with Crippen molar-refractivity contribution in [2.24, 2.45) is 0 Å². The number of urea groups is 1. The number of carbonyl (C=O) groups excluding carboxylic acids is 1. The van der Waals surface area contributed by atoms with Gasteiger partial charge in [-0.15, -0.1) is 0 Å². The van der Waals surface area contributed by atoms with Gasteiger partial charge in [0.2, 0.25) is 5.88 Å². The van der Waals surface area contributed by atoms with E-state index in [1.165, 1.54) is 6.20 Å². The lowest BCUT2D eigenvalue weighted by Gasteiger charge is -2.04. The Morgan fingerprint density at radius 2 is 2.12 bits per heavy atom. The molecule has 0 radical (unpaired) electrons. The quantitative estimate of drug-likeness (QED) is 0.887. The number of nitrogens with one attached hydrogen (secondary N) is 2. The molecule has 0 aromatic carbocycles. The number of rotatable bonds is 2. The minimum Gasteiger partial charge on any atom is -0.434 e. The van der Waals surface area contributed by atoms with Crippen LogP contribution < -0.4 is 10.6 Å². The van der Waals surface area contributed by atoms with Crippen LogP contribution in [0.25, 0.3) is 0 Å². The molecule has 2 rings (SSSR count). The van der Waals surface area contributed by atoms with Crippen LogP contribution in [-0.4, -0.2) is 11.0 Å². The number of hydrogen-bond acceptors (Lipinski definition) is 3. The number of nitrogens with zero attached hydrogens (tertiary/aromatic N) is 1. The Hall–Kier alpha value is -1.53. The standard InChI is InChI=1S/C10H7BrClN3O2/c11-7-2-4-9(17-7)15-10(16)14-8-3-1-6(12)5-13-8/h1-5H,(H2,13,14,15,16). The van der Waals surface area contributed by atoms with Crippen LogP contribution in [0.1, 0.15) is 0 Å². The molecule has 0 saturated carbocycles. The Balaban J connectivity index is 1.95. The zero-order valence-electron chi connectivity index (χ0n) is 8.41. The Morgan fingerprint density at radius 1 is 1.29 bits per heavy atom. The maximum atomic E-state index is 11.5. The van der Waals surface area contributed by atoms with E-state index >= 15 is 0 Å². The van der Waals surface area contributed by atoms with Gasteiger partial charge >= 0.3 is 6.03 Å². The van der Waals surface area contributed by atoms with E-state index in [1.807, 2.05) is 0 Å². The number of halogens is 2. The Labute approximate surface area is 110 Å². The van der Waals surface area contributed by atoms with Gasteiger partial charge in [0.1, 0.15) is 5.82 Å². The van der Waals surface area contributed by atoms with Gasteiger partial charge in [-0.05, 0) is 34.1 Å². The summed E-state index contributed by atoms with van der Waals surface area (Å²) in [6.45, 7) is 0. The largest absolute Gasteiger partial charge is 0.434 e. The van der Waals surface area contributed by atoms with Crippen molar-refractivity contribution in [3.05, 3.63) is 40.2 Å². The second-order valence-electron chi connectivity index (χ2n) is 3.04. The molecule has 0 aliphatic heterocycles. The summed E-state index contributed by atoms with van der Waals surface area (Å²) in [7, 11) is 0. The first-order valence-corrected chi connectivity index (χ1v) is 5.75. The number of furan rings is 1. The van der Waals surface area contributed by atoms with E-state index in [1.54, 1.807) is 24.3 Å². The molecule has 0 aliphatic rings. The maximum absolute atomic E-state index is 11.5. The lowest BCUT2D eigenvalue weighted by Crippen LogP contribution is -2.19. The number of pyridine rings is 1. The van der Waals surface area contributed by atoms with Crippen LogP contribution in [0.15, 0.2) is 39.5 Å². The van der Waals surface area contributed by atoms with Gasteiger partial charge in [-0.2, -0.15) is 0 Å². The van der Waals surface area contributed by atoms with Gasteiger partial charge in [-0.3, -0.25) is 10.6 Å². The normalized spacial score (nSPS) is 10.0. The first-order chi connectivity index (χ1) is 8.13. The van der Waals surface area contributed by atoms with Gasteiger partial charge in [0.05, 0.1) is 5.02 Å². The SMILES string of the molecule is O=C(Nc1ccc(Cl)cn1)Nc1ccc(Br)o1. The van der Waals surface area contributed by atoms with Gasteiger partial charge in [0, 0.05) is 12.3 Å². The molecule has 88 valence electrons. The summed E-state index contributed by atoms with van der Waals surface area (Å²) in [5.41, 5.74) is 0. The maximum Gasteiger partial charge on any atom is 0.327 e. The van der Waals surface area contributed by atoms with Crippen molar-refractivity contribution in [2.45, 2.75) is 0 Å². The highest BCUT2D eigenvalue weighted by atomic mass is 79.9. The summed E-state index contributed by atoms with van der Waals surface area (Å²) in [6.07, 6.45) is 1.45. The van der Waals surface area contributed by atoms with E-state index in [4.69, 9.17) is 16.0 Å².